The highest BCUT2D eigenvalue weighted by atomic mass is 16.4. The van der Waals surface area contributed by atoms with Crippen LogP contribution in [0.1, 0.15) is 38.7 Å². The maximum Gasteiger partial charge on any atom is 0.0660 e. The van der Waals surface area contributed by atoms with E-state index in [2.05, 4.69) is 30.1 Å². The molecule has 0 aliphatic heterocycles. The van der Waals surface area contributed by atoms with Crippen molar-refractivity contribution in [2.24, 2.45) is 10.1 Å². The van der Waals surface area contributed by atoms with Crippen molar-refractivity contribution in [3.63, 3.8) is 0 Å². The molecule has 0 unspecified atom stereocenters. The summed E-state index contributed by atoms with van der Waals surface area (Å²) in [5.74, 6) is 0.459. The van der Waals surface area contributed by atoms with Gasteiger partial charge in [-0.15, -0.1) is 0 Å². The van der Waals surface area contributed by atoms with Crippen LogP contribution >= 0.6 is 0 Å². The minimum Gasteiger partial charge on any atom is -0.411 e. The summed E-state index contributed by atoms with van der Waals surface area (Å²) in [5.41, 5.74) is 2.88. The number of benzene rings is 1. The van der Waals surface area contributed by atoms with E-state index in [-0.39, 0.29) is 0 Å². The van der Waals surface area contributed by atoms with Crippen LogP contribution in [-0.2, 0) is 0 Å². The predicted molar refractivity (Wildman–Crippen MR) is 68.2 cm³/mol. The zero-order valence-electron chi connectivity index (χ0n) is 10.0. The maximum atomic E-state index is 8.50. The van der Waals surface area contributed by atoms with E-state index in [1.165, 1.54) is 5.56 Å². The van der Waals surface area contributed by atoms with Crippen LogP contribution in [0.25, 0.3) is 0 Å². The molecule has 1 rings (SSSR count). The Hall–Kier alpha value is -1.64. The molecule has 0 fully saturated rings. The minimum absolute atomic E-state index is 0.459. The molecular weight excluding hydrogens is 200 g/mol. The van der Waals surface area contributed by atoms with E-state index < -0.39 is 0 Å². The summed E-state index contributed by atoms with van der Waals surface area (Å²) in [6.07, 6.45) is 2.35. The van der Waals surface area contributed by atoms with Gasteiger partial charge >= 0.3 is 0 Å². The molecule has 3 heteroatoms. The standard InChI is InChI=1S/C13H18N2O/c1-10(2)12-6-4-5-7-13(12)14-9-8-11(3)15-16/h4-7,9-10,16H,8H2,1-3H3. The van der Waals surface area contributed by atoms with Gasteiger partial charge in [0.25, 0.3) is 0 Å². The number of hydrogen-bond donors (Lipinski definition) is 1. The van der Waals surface area contributed by atoms with Crippen LogP contribution in [0, 0.1) is 0 Å². The van der Waals surface area contributed by atoms with Crippen LogP contribution in [0.15, 0.2) is 34.4 Å². The molecule has 0 spiro atoms. The van der Waals surface area contributed by atoms with Crippen LogP contribution in [0.5, 0.6) is 0 Å². The lowest BCUT2D eigenvalue weighted by molar-refractivity contribution is 0.318. The van der Waals surface area contributed by atoms with Crippen molar-refractivity contribution in [1.29, 1.82) is 0 Å². The first-order valence-electron chi connectivity index (χ1n) is 5.44. The molecule has 1 aromatic carbocycles. The smallest absolute Gasteiger partial charge is 0.0660 e. The highest BCUT2D eigenvalue weighted by Gasteiger charge is 2.03. The highest BCUT2D eigenvalue weighted by molar-refractivity contribution is 5.94. The molecule has 3 nitrogen and oxygen atoms in total. The van der Waals surface area contributed by atoms with Crippen LogP contribution in [0.3, 0.4) is 0 Å². The van der Waals surface area contributed by atoms with E-state index in [0.717, 1.165) is 5.69 Å². The number of aliphatic imine (C=N–C) groups is 1. The molecule has 0 saturated heterocycles. The van der Waals surface area contributed by atoms with Gasteiger partial charge in [0.1, 0.15) is 0 Å². The average molecular weight is 218 g/mol. The SMILES string of the molecule is CC(CC=Nc1ccccc1C(C)C)=NO. The first kappa shape index (κ1) is 12.4. The lowest BCUT2D eigenvalue weighted by atomic mass is 10.0. The molecule has 0 bridgehead atoms. The quantitative estimate of drug-likeness (QED) is 0.467. The second-order valence-corrected chi connectivity index (χ2v) is 4.06. The summed E-state index contributed by atoms with van der Waals surface area (Å²) in [4.78, 5) is 4.40. The van der Waals surface area contributed by atoms with Gasteiger partial charge in [-0.05, 0) is 24.5 Å². The first-order chi connectivity index (χ1) is 7.65. The second-order valence-electron chi connectivity index (χ2n) is 4.06. The molecular formula is C13H18N2O. The van der Waals surface area contributed by atoms with Crippen molar-refractivity contribution >= 4 is 17.6 Å². The normalized spacial score (nSPS) is 12.6. The topological polar surface area (TPSA) is 45.0 Å². The summed E-state index contributed by atoms with van der Waals surface area (Å²) in [5, 5.41) is 11.6. The summed E-state index contributed by atoms with van der Waals surface area (Å²) >= 11 is 0. The summed E-state index contributed by atoms with van der Waals surface area (Å²) in [6.45, 7) is 6.06. The number of hydrogen-bond acceptors (Lipinski definition) is 3. The van der Waals surface area contributed by atoms with E-state index in [9.17, 15) is 0 Å². The fraction of sp³-hybridized carbons (Fsp3) is 0.385. The van der Waals surface area contributed by atoms with Crippen LogP contribution in [0.4, 0.5) is 5.69 Å². The molecule has 0 aromatic heterocycles. The lowest BCUT2D eigenvalue weighted by Crippen LogP contribution is -1.92. The molecule has 86 valence electrons. The molecule has 0 aliphatic carbocycles. The average Bonchev–Trinajstić information content (AvgIpc) is 2.29. The molecule has 0 amide bonds. The molecule has 0 radical (unpaired) electrons. The molecule has 0 atom stereocenters. The van der Waals surface area contributed by atoms with E-state index in [0.29, 0.717) is 18.1 Å². The lowest BCUT2D eigenvalue weighted by Gasteiger charge is -2.08. The van der Waals surface area contributed by atoms with Crippen molar-refractivity contribution in [1.82, 2.24) is 0 Å². The van der Waals surface area contributed by atoms with Crippen LogP contribution in [-0.4, -0.2) is 17.1 Å². The zero-order chi connectivity index (χ0) is 12.0. The van der Waals surface area contributed by atoms with Gasteiger partial charge in [0.2, 0.25) is 0 Å². The summed E-state index contributed by atoms with van der Waals surface area (Å²) in [7, 11) is 0. The Morgan fingerprint density at radius 2 is 2.06 bits per heavy atom. The van der Waals surface area contributed by atoms with Gasteiger partial charge in [0, 0.05) is 12.6 Å². The molecule has 0 aliphatic rings. The molecule has 1 aromatic rings. The Bertz CT molecular complexity index is 395. The first-order valence-corrected chi connectivity index (χ1v) is 5.44. The highest BCUT2D eigenvalue weighted by Crippen LogP contribution is 2.25. The molecule has 0 heterocycles. The van der Waals surface area contributed by atoms with Crippen molar-refractivity contribution < 1.29 is 5.21 Å². The van der Waals surface area contributed by atoms with Crippen molar-refractivity contribution in [2.45, 2.75) is 33.1 Å². The van der Waals surface area contributed by atoms with E-state index in [1.54, 1.807) is 13.1 Å². The Balaban J connectivity index is 2.80. The summed E-state index contributed by atoms with van der Waals surface area (Å²) < 4.78 is 0. The fourth-order valence-corrected chi connectivity index (χ4v) is 1.41. The third-order valence-corrected chi connectivity index (χ3v) is 2.35. The van der Waals surface area contributed by atoms with E-state index in [1.807, 2.05) is 18.2 Å². The molecule has 16 heavy (non-hydrogen) atoms. The van der Waals surface area contributed by atoms with E-state index >= 15 is 0 Å². The number of rotatable bonds is 4. The number of para-hydroxylation sites is 1. The minimum atomic E-state index is 0.459. The van der Waals surface area contributed by atoms with Gasteiger partial charge < -0.3 is 5.21 Å². The van der Waals surface area contributed by atoms with Crippen molar-refractivity contribution in [3.8, 4) is 0 Å². The van der Waals surface area contributed by atoms with Crippen LogP contribution in [0.2, 0.25) is 0 Å². The fourth-order valence-electron chi connectivity index (χ4n) is 1.41. The third-order valence-electron chi connectivity index (χ3n) is 2.35. The van der Waals surface area contributed by atoms with Gasteiger partial charge in [0.05, 0.1) is 11.4 Å². The van der Waals surface area contributed by atoms with Gasteiger partial charge in [-0.1, -0.05) is 37.2 Å². The Morgan fingerprint density at radius 3 is 2.69 bits per heavy atom. The van der Waals surface area contributed by atoms with Crippen molar-refractivity contribution in [2.75, 3.05) is 0 Å². The second kappa shape index (κ2) is 6.05. The molecule has 0 saturated carbocycles. The zero-order valence-corrected chi connectivity index (χ0v) is 10.0. The maximum absolute atomic E-state index is 8.50. The van der Waals surface area contributed by atoms with Gasteiger partial charge in [0.15, 0.2) is 0 Å². The Labute approximate surface area is 96.5 Å². The largest absolute Gasteiger partial charge is 0.411 e. The molecule has 1 N–H and O–H groups in total. The van der Waals surface area contributed by atoms with Gasteiger partial charge in [-0.2, -0.15) is 0 Å². The number of oxime groups is 1. The van der Waals surface area contributed by atoms with E-state index in [4.69, 9.17) is 5.21 Å². The van der Waals surface area contributed by atoms with Gasteiger partial charge in [-0.25, -0.2) is 0 Å². The van der Waals surface area contributed by atoms with Crippen molar-refractivity contribution in [3.05, 3.63) is 29.8 Å². The van der Waals surface area contributed by atoms with Crippen LogP contribution < -0.4 is 0 Å². The third kappa shape index (κ3) is 3.50. The van der Waals surface area contributed by atoms with Gasteiger partial charge in [-0.3, -0.25) is 4.99 Å². The monoisotopic (exact) mass is 218 g/mol. The Kier molecular flexibility index (Phi) is 4.70. The predicted octanol–water partition coefficient (Wildman–Crippen LogP) is 3.75. The summed E-state index contributed by atoms with van der Waals surface area (Å²) in [6, 6.07) is 8.09. The number of nitrogens with zero attached hydrogens (tertiary/aromatic N) is 2. The Morgan fingerprint density at radius 1 is 1.38 bits per heavy atom.